The Balaban J connectivity index is 1.90. The lowest BCUT2D eigenvalue weighted by Crippen LogP contribution is -2.26. The van der Waals surface area contributed by atoms with Gasteiger partial charge in [-0.3, -0.25) is 14.9 Å². The molecule has 0 saturated carbocycles. The lowest BCUT2D eigenvalue weighted by atomic mass is 10.1. The van der Waals surface area contributed by atoms with E-state index in [1.165, 1.54) is 19.2 Å². The molecule has 0 fully saturated rings. The number of nitro benzene ring substituents is 1. The largest absolute Gasteiger partial charge is 0.490 e. The first-order valence-corrected chi connectivity index (χ1v) is 9.76. The molecule has 32 heavy (non-hydrogen) atoms. The molecule has 1 atom stereocenters. The molecule has 0 heterocycles. The Labute approximate surface area is 184 Å². The number of nitrogens with zero attached hydrogens (tertiary/aromatic N) is 1. The van der Waals surface area contributed by atoms with E-state index in [9.17, 15) is 19.7 Å². The number of hydrogen-bond acceptors (Lipinski definition) is 6. The van der Waals surface area contributed by atoms with Gasteiger partial charge in [0, 0.05) is 17.3 Å². The number of esters is 1. The Morgan fingerprint density at radius 1 is 0.969 bits per heavy atom. The van der Waals surface area contributed by atoms with E-state index >= 15 is 0 Å². The third kappa shape index (κ3) is 5.28. The van der Waals surface area contributed by atoms with Crippen molar-refractivity contribution in [3.8, 4) is 5.75 Å². The number of nitro groups is 1. The number of amides is 1. The normalized spacial score (nSPS) is 11.3. The van der Waals surface area contributed by atoms with Crippen molar-refractivity contribution in [2.24, 2.45) is 0 Å². The van der Waals surface area contributed by atoms with Gasteiger partial charge >= 0.3 is 11.7 Å². The average Bonchev–Trinajstić information content (AvgIpc) is 2.76. The fourth-order valence-electron chi connectivity index (χ4n) is 3.29. The molecular formula is C24H22N2O6. The van der Waals surface area contributed by atoms with E-state index in [1.54, 1.807) is 30.3 Å². The van der Waals surface area contributed by atoms with Crippen molar-refractivity contribution < 1.29 is 24.0 Å². The summed E-state index contributed by atoms with van der Waals surface area (Å²) < 4.78 is 10.5. The number of hydrogen-bond donors (Lipinski definition) is 1. The number of nitrogens with one attached hydrogen (secondary N) is 1. The fraction of sp³-hybridized carbons (Fsp3) is 0.167. The highest BCUT2D eigenvalue weighted by Crippen LogP contribution is 2.29. The molecule has 0 aliphatic carbocycles. The zero-order valence-electron chi connectivity index (χ0n) is 17.8. The molecule has 0 saturated heterocycles. The van der Waals surface area contributed by atoms with E-state index in [4.69, 9.17) is 9.47 Å². The van der Waals surface area contributed by atoms with Gasteiger partial charge in [-0.25, -0.2) is 4.79 Å². The first-order chi connectivity index (χ1) is 15.3. The van der Waals surface area contributed by atoms with Crippen molar-refractivity contribution in [3.05, 3.63) is 99.1 Å². The molecule has 164 valence electrons. The molecule has 1 N–H and O–H groups in total. The Morgan fingerprint density at radius 3 is 2.22 bits per heavy atom. The van der Waals surface area contributed by atoms with Gasteiger partial charge in [-0.2, -0.15) is 0 Å². The summed E-state index contributed by atoms with van der Waals surface area (Å²) in [5, 5.41) is 14.1. The summed E-state index contributed by atoms with van der Waals surface area (Å²) in [5.41, 5.74) is 2.53. The van der Waals surface area contributed by atoms with Crippen LogP contribution in [-0.2, 0) is 9.53 Å². The van der Waals surface area contributed by atoms with Crippen molar-refractivity contribution in [1.82, 2.24) is 0 Å². The van der Waals surface area contributed by atoms with Gasteiger partial charge in [-0.1, -0.05) is 36.4 Å². The number of rotatable bonds is 7. The number of aryl methyl sites for hydroxylation is 2. The maximum absolute atomic E-state index is 13.1. The van der Waals surface area contributed by atoms with Crippen LogP contribution in [-0.4, -0.2) is 23.9 Å². The van der Waals surface area contributed by atoms with Crippen LogP contribution in [0.3, 0.4) is 0 Å². The van der Waals surface area contributed by atoms with Gasteiger partial charge < -0.3 is 14.8 Å². The molecule has 3 aromatic rings. The number of benzene rings is 3. The van der Waals surface area contributed by atoms with Gasteiger partial charge in [-0.05, 0) is 49.2 Å². The second-order valence-corrected chi connectivity index (χ2v) is 7.21. The number of carbonyl (C=O) groups is 2. The molecule has 0 radical (unpaired) electrons. The van der Waals surface area contributed by atoms with Crippen LogP contribution in [0.2, 0.25) is 0 Å². The minimum atomic E-state index is -1.26. The van der Waals surface area contributed by atoms with E-state index in [0.29, 0.717) is 11.3 Å². The highest BCUT2D eigenvalue weighted by Gasteiger charge is 2.27. The summed E-state index contributed by atoms with van der Waals surface area (Å²) in [6, 6.07) is 17.8. The lowest BCUT2D eigenvalue weighted by Gasteiger charge is -2.18. The van der Waals surface area contributed by atoms with Gasteiger partial charge in [0.15, 0.2) is 5.75 Å². The number of anilines is 1. The average molecular weight is 434 g/mol. The highest BCUT2D eigenvalue weighted by molar-refractivity contribution is 5.98. The summed E-state index contributed by atoms with van der Waals surface area (Å²) in [6.45, 7) is 3.82. The standard InChI is InChI=1S/C24H22N2O6/c1-15-11-16(2)13-19(12-15)25-23(27)22(17-7-5-4-6-8-17)32-24(28)18-9-10-21(31-3)20(14-18)26(29)30/h4-14,22H,1-3H3,(H,25,27). The molecule has 0 spiro atoms. The Kier molecular flexibility index (Phi) is 6.84. The van der Waals surface area contributed by atoms with Crippen LogP contribution in [0.15, 0.2) is 66.7 Å². The summed E-state index contributed by atoms with van der Waals surface area (Å²) in [4.78, 5) is 36.5. The smallest absolute Gasteiger partial charge is 0.339 e. The molecule has 1 unspecified atom stereocenters. The van der Waals surface area contributed by atoms with Crippen LogP contribution < -0.4 is 10.1 Å². The van der Waals surface area contributed by atoms with Crippen LogP contribution in [0.4, 0.5) is 11.4 Å². The second-order valence-electron chi connectivity index (χ2n) is 7.21. The molecule has 8 heteroatoms. The Morgan fingerprint density at radius 2 is 1.62 bits per heavy atom. The van der Waals surface area contributed by atoms with Gasteiger partial charge in [-0.15, -0.1) is 0 Å². The predicted octanol–water partition coefficient (Wildman–Crippen LogP) is 4.76. The van der Waals surface area contributed by atoms with Gasteiger partial charge in [0.05, 0.1) is 17.6 Å². The van der Waals surface area contributed by atoms with Gasteiger partial charge in [0.25, 0.3) is 5.91 Å². The zero-order chi connectivity index (χ0) is 23.3. The van der Waals surface area contributed by atoms with E-state index in [2.05, 4.69) is 5.32 Å². The van der Waals surface area contributed by atoms with E-state index in [0.717, 1.165) is 17.2 Å². The second kappa shape index (κ2) is 9.74. The van der Waals surface area contributed by atoms with Crippen molar-refractivity contribution in [3.63, 3.8) is 0 Å². The van der Waals surface area contributed by atoms with Crippen LogP contribution in [0, 0.1) is 24.0 Å². The van der Waals surface area contributed by atoms with Crippen LogP contribution in [0.1, 0.15) is 33.2 Å². The third-order valence-electron chi connectivity index (χ3n) is 4.67. The first kappa shape index (κ1) is 22.5. The Hall–Kier alpha value is -4.20. The molecule has 3 rings (SSSR count). The minimum Gasteiger partial charge on any atom is -0.490 e. The van der Waals surface area contributed by atoms with E-state index in [1.807, 2.05) is 32.0 Å². The van der Waals surface area contributed by atoms with Crippen LogP contribution >= 0.6 is 0 Å². The first-order valence-electron chi connectivity index (χ1n) is 9.76. The molecule has 8 nitrogen and oxygen atoms in total. The molecule has 0 aromatic heterocycles. The molecular weight excluding hydrogens is 412 g/mol. The van der Waals surface area contributed by atoms with Crippen LogP contribution in [0.25, 0.3) is 0 Å². The number of carbonyl (C=O) groups excluding carboxylic acids is 2. The quantitative estimate of drug-likeness (QED) is 0.326. The van der Waals surface area contributed by atoms with Crippen LogP contribution in [0.5, 0.6) is 5.75 Å². The minimum absolute atomic E-state index is 0.0127. The molecule has 3 aromatic carbocycles. The molecule has 0 bridgehead atoms. The fourth-order valence-corrected chi connectivity index (χ4v) is 3.29. The van der Waals surface area contributed by atoms with E-state index < -0.39 is 22.9 Å². The summed E-state index contributed by atoms with van der Waals surface area (Å²) in [6.07, 6.45) is -1.26. The Bertz CT molecular complexity index is 1140. The van der Waals surface area contributed by atoms with Gasteiger partial charge in [0.1, 0.15) is 0 Å². The van der Waals surface area contributed by atoms with Crippen molar-refractivity contribution >= 4 is 23.3 Å². The topological polar surface area (TPSA) is 108 Å². The van der Waals surface area contributed by atoms with Crippen molar-refractivity contribution in [2.75, 3.05) is 12.4 Å². The SMILES string of the molecule is COc1ccc(C(=O)OC(C(=O)Nc2cc(C)cc(C)c2)c2ccccc2)cc1[N+](=O)[O-]. The summed E-state index contributed by atoms with van der Waals surface area (Å²) >= 11 is 0. The highest BCUT2D eigenvalue weighted by atomic mass is 16.6. The van der Waals surface area contributed by atoms with Crippen molar-refractivity contribution in [2.45, 2.75) is 20.0 Å². The molecule has 0 aliphatic rings. The summed E-state index contributed by atoms with van der Waals surface area (Å²) in [5.74, 6) is -1.41. The number of ether oxygens (including phenoxy) is 2. The predicted molar refractivity (Wildman–Crippen MR) is 119 cm³/mol. The monoisotopic (exact) mass is 434 g/mol. The molecule has 0 aliphatic heterocycles. The maximum atomic E-state index is 13.1. The third-order valence-corrected chi connectivity index (χ3v) is 4.67. The van der Waals surface area contributed by atoms with E-state index in [-0.39, 0.29) is 17.0 Å². The number of methoxy groups -OCH3 is 1. The van der Waals surface area contributed by atoms with Gasteiger partial charge in [0.2, 0.25) is 6.10 Å². The maximum Gasteiger partial charge on any atom is 0.339 e. The summed E-state index contributed by atoms with van der Waals surface area (Å²) in [7, 11) is 1.29. The van der Waals surface area contributed by atoms with Crippen molar-refractivity contribution in [1.29, 1.82) is 0 Å². The lowest BCUT2D eigenvalue weighted by molar-refractivity contribution is -0.385. The molecule has 1 amide bonds. The zero-order valence-corrected chi connectivity index (χ0v) is 17.8.